The number of carboxylic acids is 1. The number of carboxylic acid groups (broad SMARTS) is 1. The van der Waals surface area contributed by atoms with Gasteiger partial charge in [-0.25, -0.2) is 9.59 Å². The molecule has 1 aliphatic carbocycles. The summed E-state index contributed by atoms with van der Waals surface area (Å²) in [6, 6.07) is 28.0. The summed E-state index contributed by atoms with van der Waals surface area (Å²) in [7, 11) is 0. The molecule has 2 amide bonds. The molecule has 0 heterocycles. The van der Waals surface area contributed by atoms with E-state index in [0.717, 1.165) is 27.8 Å². The summed E-state index contributed by atoms with van der Waals surface area (Å²) in [5.41, 5.74) is 5.01. The topological polar surface area (TPSA) is 123 Å². The molecule has 2 atom stereocenters. The minimum absolute atomic E-state index is 0.0351. The van der Waals surface area contributed by atoms with Crippen molar-refractivity contribution < 1.29 is 33.7 Å². The Balaban J connectivity index is 1.30. The second-order valence-electron chi connectivity index (χ2n) is 14.5. The fourth-order valence-electron chi connectivity index (χ4n) is 6.03. The van der Waals surface area contributed by atoms with Crippen molar-refractivity contribution in [2.75, 3.05) is 6.61 Å². The van der Waals surface area contributed by atoms with E-state index in [-0.39, 0.29) is 36.6 Å². The van der Waals surface area contributed by atoms with Crippen LogP contribution in [-0.2, 0) is 27.2 Å². The van der Waals surface area contributed by atoms with Gasteiger partial charge in [0.2, 0.25) is 5.91 Å². The number of fused-ring (bicyclic) bond motifs is 3. The zero-order valence-corrected chi connectivity index (χ0v) is 29.5. The van der Waals surface area contributed by atoms with Crippen LogP contribution >= 0.6 is 0 Å². The smallest absolute Gasteiger partial charge is 0.407 e. The van der Waals surface area contributed by atoms with Crippen LogP contribution < -0.4 is 20.1 Å². The summed E-state index contributed by atoms with van der Waals surface area (Å²) in [5, 5.41) is 15.4. The Labute approximate surface area is 294 Å². The summed E-state index contributed by atoms with van der Waals surface area (Å²) in [6.07, 6.45) is -0.647. The molecule has 9 nitrogen and oxygen atoms in total. The Morgan fingerprint density at radius 1 is 0.640 bits per heavy atom. The Hall–Kier alpha value is -5.31. The Morgan fingerprint density at radius 3 is 1.52 bits per heavy atom. The fraction of sp³-hybridized carbons (Fsp3) is 0.341. The second kappa shape index (κ2) is 15.1. The number of hydrogen-bond donors (Lipinski definition) is 3. The van der Waals surface area contributed by atoms with Gasteiger partial charge in [-0.1, -0.05) is 72.8 Å². The van der Waals surface area contributed by atoms with E-state index in [2.05, 4.69) is 22.8 Å². The van der Waals surface area contributed by atoms with Gasteiger partial charge >= 0.3 is 12.1 Å². The highest BCUT2D eigenvalue weighted by Crippen LogP contribution is 2.44. The van der Waals surface area contributed by atoms with Crippen LogP contribution in [0.2, 0.25) is 0 Å². The van der Waals surface area contributed by atoms with Crippen LogP contribution in [0.1, 0.15) is 69.7 Å². The second-order valence-corrected chi connectivity index (χ2v) is 14.5. The molecule has 9 heteroatoms. The first kappa shape index (κ1) is 36.0. The van der Waals surface area contributed by atoms with Crippen LogP contribution in [0.25, 0.3) is 11.1 Å². The van der Waals surface area contributed by atoms with E-state index in [9.17, 15) is 19.5 Å². The summed E-state index contributed by atoms with van der Waals surface area (Å²) in [5.74, 6) is -0.682. The van der Waals surface area contributed by atoms with Gasteiger partial charge in [0.1, 0.15) is 41.4 Å². The third-order valence-electron chi connectivity index (χ3n) is 8.14. The number of aliphatic carboxylic acids is 1. The van der Waals surface area contributed by atoms with Gasteiger partial charge in [-0.3, -0.25) is 4.79 Å². The molecule has 0 saturated heterocycles. The summed E-state index contributed by atoms with van der Waals surface area (Å²) < 4.78 is 17.5. The standard InChI is InChI=1S/C41H46N2O7/c1-40(2,3)49-28-19-15-26(16-20-28)23-35(37(44)42-36(38(45)46)24-27-17-21-29(22-18-27)50-41(4,5)6)43-39(47)48-25-34-32-13-9-7-11-30(32)31-12-8-10-14-33(31)34/h7-22,34-36H,23-25H2,1-6H3,(H,42,44)(H,43,47)(H,45,46)/t35-,36-/m1/s1. The third kappa shape index (κ3) is 9.65. The molecule has 0 saturated carbocycles. The van der Waals surface area contributed by atoms with E-state index in [1.54, 1.807) is 36.4 Å². The number of benzene rings is 4. The molecule has 0 spiro atoms. The van der Waals surface area contributed by atoms with Crippen molar-refractivity contribution >= 4 is 18.0 Å². The maximum atomic E-state index is 13.8. The highest BCUT2D eigenvalue weighted by molar-refractivity contribution is 5.89. The number of carbonyl (C=O) groups is 3. The van der Waals surface area contributed by atoms with E-state index in [1.807, 2.05) is 90.1 Å². The van der Waals surface area contributed by atoms with E-state index >= 15 is 0 Å². The van der Waals surface area contributed by atoms with Crippen LogP contribution in [-0.4, -0.2) is 53.0 Å². The lowest BCUT2D eigenvalue weighted by Crippen LogP contribution is -2.53. The molecule has 0 aliphatic heterocycles. The van der Waals surface area contributed by atoms with Crippen LogP contribution in [0.15, 0.2) is 97.1 Å². The van der Waals surface area contributed by atoms with Gasteiger partial charge in [0.05, 0.1) is 0 Å². The van der Waals surface area contributed by atoms with Crippen LogP contribution in [0.5, 0.6) is 11.5 Å². The largest absolute Gasteiger partial charge is 0.488 e. The predicted molar refractivity (Wildman–Crippen MR) is 193 cm³/mol. The van der Waals surface area contributed by atoms with Gasteiger partial charge in [-0.05, 0) is 99.2 Å². The molecule has 50 heavy (non-hydrogen) atoms. The van der Waals surface area contributed by atoms with Gasteiger partial charge in [0.15, 0.2) is 0 Å². The third-order valence-corrected chi connectivity index (χ3v) is 8.14. The van der Waals surface area contributed by atoms with Gasteiger partial charge in [0.25, 0.3) is 0 Å². The minimum atomic E-state index is -1.24. The lowest BCUT2D eigenvalue weighted by Gasteiger charge is -2.23. The Morgan fingerprint density at radius 2 is 1.08 bits per heavy atom. The lowest BCUT2D eigenvalue weighted by atomic mass is 9.98. The normalized spacial score (nSPS) is 13.7. The van der Waals surface area contributed by atoms with E-state index < -0.39 is 30.1 Å². The summed E-state index contributed by atoms with van der Waals surface area (Å²) >= 11 is 0. The first-order valence-electron chi connectivity index (χ1n) is 16.9. The molecule has 3 N–H and O–H groups in total. The fourth-order valence-corrected chi connectivity index (χ4v) is 6.03. The van der Waals surface area contributed by atoms with Gasteiger partial charge in [0, 0.05) is 18.8 Å². The maximum absolute atomic E-state index is 13.8. The predicted octanol–water partition coefficient (Wildman–Crippen LogP) is 7.30. The summed E-state index contributed by atoms with van der Waals surface area (Å²) in [6.45, 7) is 11.7. The number of nitrogens with one attached hydrogen (secondary N) is 2. The molecule has 1 aliphatic rings. The number of hydrogen-bond acceptors (Lipinski definition) is 6. The zero-order chi connectivity index (χ0) is 36.1. The van der Waals surface area contributed by atoms with E-state index in [4.69, 9.17) is 14.2 Å². The van der Waals surface area contributed by atoms with E-state index in [0.29, 0.717) is 17.1 Å². The molecule has 0 aromatic heterocycles. The van der Waals surface area contributed by atoms with Gasteiger partial charge in [-0.2, -0.15) is 0 Å². The molecule has 0 bridgehead atoms. The maximum Gasteiger partial charge on any atom is 0.407 e. The number of amides is 2. The molecule has 0 radical (unpaired) electrons. The monoisotopic (exact) mass is 678 g/mol. The number of ether oxygens (including phenoxy) is 3. The quantitative estimate of drug-likeness (QED) is 0.144. The number of carbonyl (C=O) groups excluding carboxylic acids is 2. The lowest BCUT2D eigenvalue weighted by molar-refractivity contribution is -0.142. The molecular weight excluding hydrogens is 632 g/mol. The average molecular weight is 679 g/mol. The molecular formula is C41H46N2O7. The van der Waals surface area contributed by atoms with Crippen molar-refractivity contribution in [3.63, 3.8) is 0 Å². The van der Waals surface area contributed by atoms with Crippen LogP contribution in [0.4, 0.5) is 4.79 Å². The summed E-state index contributed by atoms with van der Waals surface area (Å²) in [4.78, 5) is 39.4. The molecule has 4 aromatic rings. The first-order chi connectivity index (χ1) is 23.6. The van der Waals surface area contributed by atoms with Crippen LogP contribution in [0, 0.1) is 0 Å². The number of rotatable bonds is 12. The Kier molecular flexibility index (Phi) is 10.8. The van der Waals surface area contributed by atoms with Gasteiger partial charge in [-0.15, -0.1) is 0 Å². The molecule has 4 aromatic carbocycles. The van der Waals surface area contributed by atoms with Crippen molar-refractivity contribution in [1.29, 1.82) is 0 Å². The minimum Gasteiger partial charge on any atom is -0.488 e. The van der Waals surface area contributed by atoms with Gasteiger partial charge < -0.3 is 30.0 Å². The van der Waals surface area contributed by atoms with Crippen LogP contribution in [0.3, 0.4) is 0 Å². The van der Waals surface area contributed by atoms with Crippen molar-refractivity contribution in [2.45, 2.75) is 83.6 Å². The van der Waals surface area contributed by atoms with Crippen molar-refractivity contribution in [3.05, 3.63) is 119 Å². The van der Waals surface area contributed by atoms with E-state index in [1.165, 1.54) is 0 Å². The zero-order valence-electron chi connectivity index (χ0n) is 29.5. The highest BCUT2D eigenvalue weighted by Gasteiger charge is 2.31. The highest BCUT2D eigenvalue weighted by atomic mass is 16.5. The van der Waals surface area contributed by atoms with Crippen molar-refractivity contribution in [3.8, 4) is 22.6 Å². The molecule has 262 valence electrons. The average Bonchev–Trinajstić information content (AvgIpc) is 3.37. The molecule has 0 unspecified atom stereocenters. The molecule has 5 rings (SSSR count). The van der Waals surface area contributed by atoms with Crippen molar-refractivity contribution in [2.24, 2.45) is 0 Å². The number of alkyl carbamates (subject to hydrolysis) is 1. The first-order valence-corrected chi connectivity index (χ1v) is 16.9. The molecule has 0 fully saturated rings. The Bertz CT molecular complexity index is 1760. The van der Waals surface area contributed by atoms with Crippen molar-refractivity contribution in [1.82, 2.24) is 10.6 Å². The SMILES string of the molecule is CC(C)(C)Oc1ccc(C[C@@H](NC(=O)[C@@H](Cc2ccc(OC(C)(C)C)cc2)NC(=O)OCC2c3ccccc3-c3ccccc32)C(=O)O)cc1.